The third-order valence-electron chi connectivity index (χ3n) is 3.44. The Bertz CT molecular complexity index is 433. The molecule has 0 aliphatic carbocycles. The average molecular weight is 267 g/mol. The molecule has 1 aromatic rings. The maximum absolute atomic E-state index is 11.0. The monoisotopic (exact) mass is 267 g/mol. The van der Waals surface area contributed by atoms with Crippen LogP contribution in [0.3, 0.4) is 0 Å². The van der Waals surface area contributed by atoms with E-state index in [9.17, 15) is 15.0 Å². The second kappa shape index (κ2) is 6.99. The number of hydrogen-bond acceptors (Lipinski definition) is 4. The molecule has 0 bridgehead atoms. The van der Waals surface area contributed by atoms with E-state index in [0.717, 1.165) is 6.42 Å². The number of aliphatic carboxylic acids is 1. The molecule has 5 N–H and O–H groups in total. The minimum atomic E-state index is -0.888. The van der Waals surface area contributed by atoms with Gasteiger partial charge in [-0.1, -0.05) is 25.5 Å². The number of nitrogens with two attached hydrogens (primary N) is 1. The van der Waals surface area contributed by atoms with Crippen LogP contribution in [0, 0.1) is 11.8 Å². The molecule has 0 spiro atoms. The lowest BCUT2D eigenvalue weighted by molar-refractivity contribution is -0.142. The first-order valence-corrected chi connectivity index (χ1v) is 6.42. The highest BCUT2D eigenvalue weighted by Gasteiger charge is 2.21. The fourth-order valence-electron chi connectivity index (χ4n) is 2.15. The van der Waals surface area contributed by atoms with Gasteiger partial charge in [0.2, 0.25) is 0 Å². The van der Waals surface area contributed by atoms with E-state index in [-0.39, 0.29) is 24.0 Å². The van der Waals surface area contributed by atoms with Crippen molar-refractivity contribution in [3.63, 3.8) is 0 Å². The van der Waals surface area contributed by atoms with Crippen LogP contribution >= 0.6 is 0 Å². The summed E-state index contributed by atoms with van der Waals surface area (Å²) in [5, 5.41) is 28.2. The molecule has 19 heavy (non-hydrogen) atoms. The van der Waals surface area contributed by atoms with Crippen molar-refractivity contribution in [2.24, 2.45) is 17.6 Å². The highest BCUT2D eigenvalue weighted by Crippen LogP contribution is 2.31. The number of benzene rings is 1. The molecule has 5 heteroatoms. The summed E-state index contributed by atoms with van der Waals surface area (Å²) >= 11 is 0. The minimum Gasteiger partial charge on any atom is -0.504 e. The molecule has 0 aliphatic heterocycles. The van der Waals surface area contributed by atoms with Gasteiger partial charge in [-0.05, 0) is 30.4 Å². The second-order valence-corrected chi connectivity index (χ2v) is 4.77. The Morgan fingerprint density at radius 2 is 2.05 bits per heavy atom. The molecule has 0 saturated carbocycles. The topological polar surface area (TPSA) is 104 Å². The number of phenols is 2. The van der Waals surface area contributed by atoms with Crippen molar-refractivity contribution in [1.82, 2.24) is 0 Å². The Labute approximate surface area is 112 Å². The van der Waals surface area contributed by atoms with Gasteiger partial charge in [-0.25, -0.2) is 0 Å². The molecule has 0 aromatic heterocycles. The minimum absolute atomic E-state index is 0.109. The molecule has 1 rings (SSSR count). The van der Waals surface area contributed by atoms with Crippen molar-refractivity contribution in [3.05, 3.63) is 23.8 Å². The number of aromatic hydroxyl groups is 2. The van der Waals surface area contributed by atoms with Gasteiger partial charge in [0.25, 0.3) is 0 Å². The largest absolute Gasteiger partial charge is 0.504 e. The van der Waals surface area contributed by atoms with Gasteiger partial charge >= 0.3 is 5.97 Å². The third kappa shape index (κ3) is 4.13. The van der Waals surface area contributed by atoms with Crippen molar-refractivity contribution in [2.45, 2.75) is 26.2 Å². The van der Waals surface area contributed by atoms with Crippen LogP contribution in [0.1, 0.15) is 25.3 Å². The zero-order chi connectivity index (χ0) is 14.4. The zero-order valence-electron chi connectivity index (χ0n) is 11.0. The van der Waals surface area contributed by atoms with Crippen molar-refractivity contribution in [3.8, 4) is 11.5 Å². The molecule has 5 nitrogen and oxygen atoms in total. The summed E-state index contributed by atoms with van der Waals surface area (Å²) in [7, 11) is 0. The van der Waals surface area contributed by atoms with E-state index >= 15 is 0 Å². The predicted molar refractivity (Wildman–Crippen MR) is 72.1 cm³/mol. The van der Waals surface area contributed by atoms with Crippen LogP contribution in [0.2, 0.25) is 0 Å². The number of carboxylic acid groups (broad SMARTS) is 1. The highest BCUT2D eigenvalue weighted by molar-refractivity contribution is 5.70. The molecule has 0 aliphatic rings. The van der Waals surface area contributed by atoms with Crippen LogP contribution < -0.4 is 5.73 Å². The number of hydrogen-bond donors (Lipinski definition) is 4. The summed E-state index contributed by atoms with van der Waals surface area (Å²) in [6, 6.07) is 4.81. The van der Waals surface area contributed by atoms with Crippen LogP contribution in [0.4, 0.5) is 0 Å². The van der Waals surface area contributed by atoms with Crippen LogP contribution in [0.5, 0.6) is 11.5 Å². The highest BCUT2D eigenvalue weighted by atomic mass is 16.4. The van der Waals surface area contributed by atoms with E-state index in [1.807, 2.05) is 6.92 Å². The number of carboxylic acids is 1. The maximum atomic E-state index is 11.0. The molecule has 1 aromatic carbocycles. The average Bonchev–Trinajstić information content (AvgIpc) is 2.38. The fourth-order valence-corrected chi connectivity index (χ4v) is 2.15. The van der Waals surface area contributed by atoms with Crippen LogP contribution in [0.15, 0.2) is 18.2 Å². The first-order valence-electron chi connectivity index (χ1n) is 6.42. The lowest BCUT2D eigenvalue weighted by atomic mass is 9.87. The molecule has 0 amide bonds. The van der Waals surface area contributed by atoms with Crippen molar-refractivity contribution in [2.75, 3.05) is 6.54 Å². The van der Waals surface area contributed by atoms with Crippen LogP contribution in [0.25, 0.3) is 0 Å². The van der Waals surface area contributed by atoms with Gasteiger partial charge in [0.15, 0.2) is 11.5 Å². The molecule has 2 unspecified atom stereocenters. The molecule has 0 saturated heterocycles. The molecule has 106 valence electrons. The SMILES string of the molecule is CCC(Cc1cccc(O)c1O)CC(CN)C(=O)O. The summed E-state index contributed by atoms with van der Waals surface area (Å²) in [6.07, 6.45) is 1.79. The summed E-state index contributed by atoms with van der Waals surface area (Å²) in [5.41, 5.74) is 6.09. The normalized spacial score (nSPS) is 14.0. The Morgan fingerprint density at radius 3 is 2.58 bits per heavy atom. The quantitative estimate of drug-likeness (QED) is 0.563. The van der Waals surface area contributed by atoms with E-state index in [1.165, 1.54) is 6.07 Å². The number of rotatable bonds is 7. The van der Waals surface area contributed by atoms with Gasteiger partial charge in [-0.3, -0.25) is 4.79 Å². The van der Waals surface area contributed by atoms with Gasteiger partial charge in [-0.2, -0.15) is 0 Å². The Kier molecular flexibility index (Phi) is 5.63. The zero-order valence-corrected chi connectivity index (χ0v) is 11.0. The van der Waals surface area contributed by atoms with Gasteiger partial charge < -0.3 is 21.1 Å². The molecular formula is C14H21NO4. The first-order chi connectivity index (χ1) is 8.99. The molecule has 0 fully saturated rings. The fraction of sp³-hybridized carbons (Fsp3) is 0.500. The molecular weight excluding hydrogens is 246 g/mol. The standard InChI is InChI=1S/C14H21NO4/c1-2-9(7-11(8-15)14(18)19)6-10-4-3-5-12(16)13(10)17/h3-5,9,11,16-17H,2,6-8,15H2,1H3,(H,18,19). The number of carbonyl (C=O) groups is 1. The predicted octanol–water partition coefficient (Wildman–Crippen LogP) is 1.72. The van der Waals surface area contributed by atoms with Crippen molar-refractivity contribution >= 4 is 5.97 Å². The summed E-state index contributed by atoms with van der Waals surface area (Å²) in [6.45, 7) is 2.08. The number of phenolic OH excluding ortho intramolecular Hbond substituents is 2. The molecule has 2 atom stereocenters. The van der Waals surface area contributed by atoms with E-state index in [0.29, 0.717) is 18.4 Å². The Morgan fingerprint density at radius 1 is 1.37 bits per heavy atom. The van der Waals surface area contributed by atoms with Gasteiger partial charge in [0.1, 0.15) is 0 Å². The van der Waals surface area contributed by atoms with Crippen LogP contribution in [-0.4, -0.2) is 27.8 Å². The Hall–Kier alpha value is -1.75. The summed E-state index contributed by atoms with van der Waals surface area (Å²) in [5.74, 6) is -1.62. The lowest BCUT2D eigenvalue weighted by Crippen LogP contribution is -2.26. The van der Waals surface area contributed by atoms with Gasteiger partial charge in [0, 0.05) is 6.54 Å². The third-order valence-corrected chi connectivity index (χ3v) is 3.44. The van der Waals surface area contributed by atoms with Crippen molar-refractivity contribution in [1.29, 1.82) is 0 Å². The number of para-hydroxylation sites is 1. The summed E-state index contributed by atoms with van der Waals surface area (Å²) < 4.78 is 0. The van der Waals surface area contributed by atoms with Crippen LogP contribution in [-0.2, 0) is 11.2 Å². The van der Waals surface area contributed by atoms with E-state index in [4.69, 9.17) is 10.8 Å². The van der Waals surface area contributed by atoms with Gasteiger partial charge in [-0.15, -0.1) is 0 Å². The second-order valence-electron chi connectivity index (χ2n) is 4.77. The van der Waals surface area contributed by atoms with E-state index in [1.54, 1.807) is 12.1 Å². The molecule has 0 radical (unpaired) electrons. The van der Waals surface area contributed by atoms with E-state index in [2.05, 4.69) is 0 Å². The first kappa shape index (κ1) is 15.3. The molecule has 0 heterocycles. The maximum Gasteiger partial charge on any atom is 0.307 e. The Balaban J connectivity index is 2.76. The lowest BCUT2D eigenvalue weighted by Gasteiger charge is -2.19. The van der Waals surface area contributed by atoms with Gasteiger partial charge in [0.05, 0.1) is 5.92 Å². The van der Waals surface area contributed by atoms with Crippen molar-refractivity contribution < 1.29 is 20.1 Å². The smallest absolute Gasteiger partial charge is 0.307 e. The van der Waals surface area contributed by atoms with E-state index < -0.39 is 11.9 Å². The summed E-state index contributed by atoms with van der Waals surface area (Å²) in [4.78, 5) is 11.0.